The summed E-state index contributed by atoms with van der Waals surface area (Å²) in [6.07, 6.45) is 0.750. The highest BCUT2D eigenvalue weighted by atomic mass is 19.1. The van der Waals surface area contributed by atoms with Gasteiger partial charge in [-0.25, -0.2) is 9.18 Å². The molecule has 0 saturated heterocycles. The van der Waals surface area contributed by atoms with Gasteiger partial charge in [0.2, 0.25) is 0 Å². The maximum Gasteiger partial charge on any atom is 0.340 e. The van der Waals surface area contributed by atoms with Crippen molar-refractivity contribution in [3.05, 3.63) is 29.6 Å². The van der Waals surface area contributed by atoms with Crippen LogP contribution in [0.2, 0.25) is 6.32 Å². The summed E-state index contributed by atoms with van der Waals surface area (Å²) in [5.41, 5.74) is 2.88. The molecule has 0 aliphatic carbocycles. The number of halogens is 1. The summed E-state index contributed by atoms with van der Waals surface area (Å²) >= 11 is 0. The second-order valence-electron chi connectivity index (χ2n) is 3.13. The van der Waals surface area contributed by atoms with Crippen molar-refractivity contribution in [2.45, 2.75) is 20.2 Å². The van der Waals surface area contributed by atoms with Crippen molar-refractivity contribution in [2.75, 3.05) is 19.2 Å². The Labute approximate surface area is 108 Å². The lowest BCUT2D eigenvalue weighted by Gasteiger charge is -2.06. The summed E-state index contributed by atoms with van der Waals surface area (Å²) in [4.78, 5) is 15.9. The number of hydrogen-bond acceptors (Lipinski definition) is 4. The van der Waals surface area contributed by atoms with Crippen LogP contribution >= 0.6 is 0 Å². The normalized spacial score (nSPS) is 9.11. The number of ether oxygens (including phenoxy) is 1. The first-order valence-corrected chi connectivity index (χ1v) is 5.56. The van der Waals surface area contributed by atoms with Crippen LogP contribution in [-0.2, 0) is 9.57 Å². The van der Waals surface area contributed by atoms with E-state index >= 15 is 0 Å². The fraction of sp³-hybridized carbons (Fsp3) is 0.417. The van der Waals surface area contributed by atoms with E-state index in [1.165, 1.54) is 25.3 Å². The Morgan fingerprint density at radius 1 is 1.44 bits per heavy atom. The summed E-state index contributed by atoms with van der Waals surface area (Å²) in [7, 11) is 6.05. The fourth-order valence-corrected chi connectivity index (χ4v) is 1.01. The summed E-state index contributed by atoms with van der Waals surface area (Å²) in [5.74, 6) is -1.35. The molecule has 6 heteroatoms. The Morgan fingerprint density at radius 2 is 2.06 bits per heavy atom. The van der Waals surface area contributed by atoms with Gasteiger partial charge in [-0.1, -0.05) is 13.2 Å². The molecular formula is C12H17BFNO3. The van der Waals surface area contributed by atoms with E-state index in [1.807, 2.05) is 6.92 Å². The number of hydrogen-bond donors (Lipinski definition) is 1. The topological polar surface area (TPSA) is 47.6 Å². The van der Waals surface area contributed by atoms with Crippen LogP contribution in [0.5, 0.6) is 0 Å². The van der Waals surface area contributed by atoms with Crippen LogP contribution in [0.15, 0.2) is 18.2 Å². The van der Waals surface area contributed by atoms with E-state index < -0.39 is 11.8 Å². The minimum absolute atomic E-state index is 0.0976. The maximum absolute atomic E-state index is 13.3. The lowest BCUT2D eigenvalue weighted by Crippen LogP contribution is -2.06. The van der Waals surface area contributed by atoms with Gasteiger partial charge in [0, 0.05) is 6.07 Å². The Balaban J connectivity index is 0.000000873. The molecule has 1 N–H and O–H groups in total. The second kappa shape index (κ2) is 9.47. The molecule has 0 spiro atoms. The predicted octanol–water partition coefficient (Wildman–Crippen LogP) is 2.57. The maximum atomic E-state index is 13.3. The van der Waals surface area contributed by atoms with Gasteiger partial charge >= 0.3 is 5.97 Å². The zero-order valence-corrected chi connectivity index (χ0v) is 10.8. The van der Waals surface area contributed by atoms with Gasteiger partial charge in [0.25, 0.3) is 0 Å². The molecule has 0 unspecified atom stereocenters. The quantitative estimate of drug-likeness (QED) is 0.509. The monoisotopic (exact) mass is 253 g/mol. The number of rotatable bonds is 4. The predicted molar refractivity (Wildman–Crippen MR) is 69.2 cm³/mol. The van der Waals surface area contributed by atoms with Gasteiger partial charge in [-0.05, 0) is 19.1 Å². The second-order valence-corrected chi connectivity index (χ2v) is 3.13. The van der Waals surface area contributed by atoms with Gasteiger partial charge < -0.3 is 4.74 Å². The smallest absolute Gasteiger partial charge is 0.340 e. The third-order valence-electron chi connectivity index (χ3n) is 1.71. The van der Waals surface area contributed by atoms with Gasteiger partial charge in [0.15, 0.2) is 0 Å². The van der Waals surface area contributed by atoms with E-state index in [-0.39, 0.29) is 5.56 Å². The van der Waals surface area contributed by atoms with E-state index in [2.05, 4.69) is 10.2 Å². The molecule has 0 aromatic heterocycles. The van der Waals surface area contributed by atoms with Crippen LogP contribution in [0.1, 0.15) is 24.2 Å². The molecule has 0 bridgehead atoms. The van der Waals surface area contributed by atoms with E-state index in [4.69, 9.17) is 12.7 Å². The molecule has 2 radical (unpaired) electrons. The van der Waals surface area contributed by atoms with Crippen molar-refractivity contribution in [1.29, 1.82) is 0 Å². The Hall–Kier alpha value is -1.56. The Morgan fingerprint density at radius 3 is 2.50 bits per heavy atom. The lowest BCUT2D eigenvalue weighted by molar-refractivity contribution is 0.0595. The van der Waals surface area contributed by atoms with Gasteiger partial charge in [-0.2, -0.15) is 0 Å². The average molecular weight is 253 g/mol. The van der Waals surface area contributed by atoms with E-state index in [1.54, 1.807) is 6.92 Å². The Kier molecular flexibility index (Phi) is 8.65. The van der Waals surface area contributed by atoms with Crippen molar-refractivity contribution in [3.63, 3.8) is 0 Å². The first-order chi connectivity index (χ1) is 8.60. The molecular weight excluding hydrogens is 236 g/mol. The van der Waals surface area contributed by atoms with Crippen LogP contribution in [0.3, 0.4) is 0 Å². The first-order valence-electron chi connectivity index (χ1n) is 5.56. The molecule has 0 aliphatic rings. The van der Waals surface area contributed by atoms with Crippen LogP contribution in [0.4, 0.5) is 10.1 Å². The van der Waals surface area contributed by atoms with Crippen molar-refractivity contribution < 1.29 is 18.8 Å². The molecule has 98 valence electrons. The van der Waals surface area contributed by atoms with Crippen LogP contribution in [0, 0.1) is 5.82 Å². The van der Waals surface area contributed by atoms with Crippen LogP contribution < -0.4 is 5.48 Å². The zero-order valence-electron chi connectivity index (χ0n) is 10.8. The molecule has 0 amide bonds. The summed E-state index contributed by atoms with van der Waals surface area (Å²) in [6, 6.07) is 4.04. The number of nitrogens with one attached hydrogen (secondary N) is 1. The molecule has 0 fully saturated rings. The van der Waals surface area contributed by atoms with Crippen molar-refractivity contribution in [1.82, 2.24) is 0 Å². The Bertz CT molecular complexity index is 374. The molecule has 1 aromatic rings. The standard InChI is InChI=1S/C10H12FNO3.C2H5B/c1-3-15-12-7-4-5-8(9(11)6-7)10(13)14-2;1-2-3/h4-6,12H,3H2,1-2H3;2H2,1H3. The molecule has 0 atom stereocenters. The van der Waals surface area contributed by atoms with Crippen molar-refractivity contribution in [2.24, 2.45) is 0 Å². The number of esters is 1. The minimum atomic E-state index is -0.699. The minimum Gasteiger partial charge on any atom is -0.465 e. The fourth-order valence-electron chi connectivity index (χ4n) is 1.01. The summed E-state index contributed by atoms with van der Waals surface area (Å²) in [6.45, 7) is 4.16. The molecule has 4 nitrogen and oxygen atoms in total. The lowest BCUT2D eigenvalue weighted by atomic mass is 10.1. The largest absolute Gasteiger partial charge is 0.465 e. The molecule has 0 aliphatic heterocycles. The highest BCUT2D eigenvalue weighted by molar-refractivity contribution is 6.08. The average Bonchev–Trinajstić information content (AvgIpc) is 2.36. The van der Waals surface area contributed by atoms with Gasteiger partial charge in [0.05, 0.1) is 32.8 Å². The van der Waals surface area contributed by atoms with Gasteiger partial charge in [0.1, 0.15) is 5.82 Å². The molecule has 0 heterocycles. The molecule has 1 aromatic carbocycles. The van der Waals surface area contributed by atoms with E-state index in [9.17, 15) is 9.18 Å². The number of anilines is 1. The van der Waals surface area contributed by atoms with Crippen LogP contribution in [0.25, 0.3) is 0 Å². The third-order valence-corrected chi connectivity index (χ3v) is 1.71. The van der Waals surface area contributed by atoms with Crippen molar-refractivity contribution >= 4 is 19.5 Å². The SMILES string of the molecule is CCONc1ccc(C(=O)OC)c(F)c1.[B]CC. The summed E-state index contributed by atoms with van der Waals surface area (Å²) < 4.78 is 17.7. The molecule has 1 rings (SSSR count). The van der Waals surface area contributed by atoms with Crippen LogP contribution in [-0.4, -0.2) is 27.5 Å². The van der Waals surface area contributed by atoms with E-state index in [0.717, 1.165) is 6.32 Å². The number of carbonyl (C=O) groups is 1. The van der Waals surface area contributed by atoms with Gasteiger partial charge in [-0.3, -0.25) is 10.3 Å². The third kappa shape index (κ3) is 5.68. The first kappa shape index (κ1) is 16.4. The number of benzene rings is 1. The van der Waals surface area contributed by atoms with E-state index in [0.29, 0.717) is 12.3 Å². The molecule has 0 saturated carbocycles. The van der Waals surface area contributed by atoms with Crippen molar-refractivity contribution in [3.8, 4) is 0 Å². The number of carbonyl (C=O) groups excluding carboxylic acids is 1. The van der Waals surface area contributed by atoms with Gasteiger partial charge in [-0.15, -0.1) is 0 Å². The highest BCUT2D eigenvalue weighted by Crippen LogP contribution is 2.15. The highest BCUT2D eigenvalue weighted by Gasteiger charge is 2.11. The molecule has 18 heavy (non-hydrogen) atoms. The zero-order chi connectivity index (χ0) is 14.0. The number of methoxy groups -OCH3 is 1. The summed E-state index contributed by atoms with van der Waals surface area (Å²) in [5, 5.41) is 0.